The summed E-state index contributed by atoms with van der Waals surface area (Å²) in [7, 11) is 0. The zero-order valence-electron chi connectivity index (χ0n) is 5.58. The first-order valence-corrected chi connectivity index (χ1v) is 3.78. The third kappa shape index (κ3) is 0.864. The van der Waals surface area contributed by atoms with Crippen molar-refractivity contribution in [3.63, 3.8) is 0 Å². The average Bonchev–Trinajstić information content (AvgIpc) is 2.22. The predicted octanol–water partition coefficient (Wildman–Crippen LogP) is 0.215. The summed E-state index contributed by atoms with van der Waals surface area (Å²) >= 11 is 0. The van der Waals surface area contributed by atoms with Crippen molar-refractivity contribution >= 4 is 0 Å². The van der Waals surface area contributed by atoms with E-state index in [-0.39, 0.29) is 6.10 Å². The van der Waals surface area contributed by atoms with E-state index in [1.807, 2.05) is 0 Å². The standard InChI is InChI=1S/C7H13NO/c9-7-4-6-2-1-3-8(6)5-7/h6-7,9H,1-5H2/t6-,7-/m1/s1. The molecule has 2 nitrogen and oxygen atoms in total. The number of nitrogens with zero attached hydrogens (tertiary/aromatic N) is 1. The van der Waals surface area contributed by atoms with Crippen LogP contribution in [0.1, 0.15) is 19.3 Å². The fourth-order valence-corrected chi connectivity index (χ4v) is 2.06. The van der Waals surface area contributed by atoms with Crippen LogP contribution in [-0.2, 0) is 0 Å². The maximum Gasteiger partial charge on any atom is 0.0682 e. The van der Waals surface area contributed by atoms with E-state index < -0.39 is 0 Å². The Morgan fingerprint density at radius 1 is 1.44 bits per heavy atom. The van der Waals surface area contributed by atoms with Crippen LogP contribution >= 0.6 is 0 Å². The van der Waals surface area contributed by atoms with E-state index in [0.717, 1.165) is 19.0 Å². The fraction of sp³-hybridized carbons (Fsp3) is 1.00. The Balaban J connectivity index is 2.02. The number of hydrogen-bond donors (Lipinski definition) is 1. The fourth-order valence-electron chi connectivity index (χ4n) is 2.06. The minimum absolute atomic E-state index is 0.0182. The van der Waals surface area contributed by atoms with Crippen LogP contribution in [0.15, 0.2) is 0 Å². The monoisotopic (exact) mass is 127 g/mol. The van der Waals surface area contributed by atoms with Crippen molar-refractivity contribution in [3.05, 3.63) is 0 Å². The zero-order chi connectivity index (χ0) is 6.27. The van der Waals surface area contributed by atoms with Crippen molar-refractivity contribution in [2.75, 3.05) is 13.1 Å². The maximum atomic E-state index is 9.19. The molecule has 0 aromatic carbocycles. The van der Waals surface area contributed by atoms with Gasteiger partial charge in [-0.05, 0) is 25.8 Å². The lowest BCUT2D eigenvalue weighted by atomic mass is 10.1. The van der Waals surface area contributed by atoms with Crippen LogP contribution in [0, 0.1) is 0 Å². The predicted molar refractivity (Wildman–Crippen MR) is 35.2 cm³/mol. The SMILES string of the molecule is O[C@@H]1C[C@H]2CCCN2C1. The summed E-state index contributed by atoms with van der Waals surface area (Å²) in [5, 5.41) is 9.19. The van der Waals surface area contributed by atoms with Crippen molar-refractivity contribution in [3.8, 4) is 0 Å². The highest BCUT2D eigenvalue weighted by molar-refractivity contribution is 4.89. The number of aliphatic hydroxyl groups excluding tert-OH is 1. The van der Waals surface area contributed by atoms with Gasteiger partial charge in [0.2, 0.25) is 0 Å². The molecule has 2 aliphatic rings. The molecule has 0 amide bonds. The molecule has 9 heavy (non-hydrogen) atoms. The normalized spacial score (nSPS) is 43.7. The van der Waals surface area contributed by atoms with E-state index >= 15 is 0 Å². The Morgan fingerprint density at radius 2 is 2.33 bits per heavy atom. The molecule has 2 heteroatoms. The lowest BCUT2D eigenvalue weighted by molar-refractivity contribution is 0.177. The molecule has 2 fully saturated rings. The average molecular weight is 127 g/mol. The Kier molecular flexibility index (Phi) is 1.24. The number of hydrogen-bond acceptors (Lipinski definition) is 2. The van der Waals surface area contributed by atoms with Crippen molar-refractivity contribution in [2.45, 2.75) is 31.4 Å². The molecule has 0 bridgehead atoms. The summed E-state index contributed by atoms with van der Waals surface area (Å²) in [6.07, 6.45) is 3.67. The first-order chi connectivity index (χ1) is 4.36. The molecule has 2 atom stereocenters. The van der Waals surface area contributed by atoms with E-state index in [0.29, 0.717) is 0 Å². The first kappa shape index (κ1) is 5.69. The van der Waals surface area contributed by atoms with Gasteiger partial charge in [0.15, 0.2) is 0 Å². The minimum atomic E-state index is -0.0182. The van der Waals surface area contributed by atoms with Gasteiger partial charge in [-0.15, -0.1) is 0 Å². The second-order valence-corrected chi connectivity index (χ2v) is 3.18. The molecular formula is C7H13NO. The number of fused-ring (bicyclic) bond motifs is 1. The molecule has 0 saturated carbocycles. The maximum absolute atomic E-state index is 9.19. The molecule has 0 aromatic rings. The molecule has 0 unspecified atom stereocenters. The van der Waals surface area contributed by atoms with Crippen molar-refractivity contribution in [2.24, 2.45) is 0 Å². The van der Waals surface area contributed by atoms with Gasteiger partial charge in [0, 0.05) is 12.6 Å². The highest BCUT2D eigenvalue weighted by atomic mass is 16.3. The Labute approximate surface area is 55.5 Å². The summed E-state index contributed by atoms with van der Waals surface area (Å²) in [5.41, 5.74) is 0. The highest BCUT2D eigenvalue weighted by Gasteiger charge is 2.33. The van der Waals surface area contributed by atoms with Gasteiger partial charge in [-0.1, -0.05) is 0 Å². The number of rotatable bonds is 0. The molecule has 2 saturated heterocycles. The van der Waals surface area contributed by atoms with Crippen LogP contribution in [0.3, 0.4) is 0 Å². The van der Waals surface area contributed by atoms with E-state index in [1.165, 1.54) is 19.4 Å². The molecule has 2 heterocycles. The van der Waals surface area contributed by atoms with E-state index in [1.54, 1.807) is 0 Å². The second kappa shape index (κ2) is 1.96. The molecule has 1 N–H and O–H groups in total. The minimum Gasteiger partial charge on any atom is -0.392 e. The molecule has 0 aliphatic carbocycles. The Hall–Kier alpha value is -0.0800. The molecule has 2 aliphatic heterocycles. The molecule has 52 valence electrons. The first-order valence-electron chi connectivity index (χ1n) is 3.78. The lowest BCUT2D eigenvalue weighted by Crippen LogP contribution is -2.23. The molecule has 0 spiro atoms. The Bertz CT molecular complexity index is 103. The third-order valence-corrected chi connectivity index (χ3v) is 2.49. The summed E-state index contributed by atoms with van der Waals surface area (Å²) in [6, 6.07) is 0.736. The van der Waals surface area contributed by atoms with Gasteiger partial charge >= 0.3 is 0 Å². The van der Waals surface area contributed by atoms with Crippen molar-refractivity contribution in [1.82, 2.24) is 4.90 Å². The molecule has 0 radical (unpaired) electrons. The highest BCUT2D eigenvalue weighted by Crippen LogP contribution is 2.27. The van der Waals surface area contributed by atoms with Gasteiger partial charge in [0.05, 0.1) is 6.10 Å². The largest absolute Gasteiger partial charge is 0.392 e. The van der Waals surface area contributed by atoms with Crippen molar-refractivity contribution in [1.29, 1.82) is 0 Å². The van der Waals surface area contributed by atoms with Gasteiger partial charge in [-0.3, -0.25) is 4.90 Å². The van der Waals surface area contributed by atoms with Crippen LogP contribution in [0.4, 0.5) is 0 Å². The van der Waals surface area contributed by atoms with Gasteiger partial charge in [0.25, 0.3) is 0 Å². The molecular weight excluding hydrogens is 114 g/mol. The van der Waals surface area contributed by atoms with E-state index in [9.17, 15) is 5.11 Å². The van der Waals surface area contributed by atoms with Gasteiger partial charge < -0.3 is 5.11 Å². The van der Waals surface area contributed by atoms with Gasteiger partial charge in [-0.25, -0.2) is 0 Å². The summed E-state index contributed by atoms with van der Waals surface area (Å²) < 4.78 is 0. The van der Waals surface area contributed by atoms with E-state index in [4.69, 9.17) is 0 Å². The number of aliphatic hydroxyl groups is 1. The van der Waals surface area contributed by atoms with Crippen molar-refractivity contribution < 1.29 is 5.11 Å². The van der Waals surface area contributed by atoms with Crippen LogP contribution in [0.2, 0.25) is 0 Å². The Morgan fingerprint density at radius 3 is 3.11 bits per heavy atom. The van der Waals surface area contributed by atoms with E-state index in [2.05, 4.69) is 4.90 Å². The smallest absolute Gasteiger partial charge is 0.0682 e. The lowest BCUT2D eigenvalue weighted by Gasteiger charge is -2.11. The summed E-state index contributed by atoms with van der Waals surface area (Å²) in [6.45, 7) is 2.16. The van der Waals surface area contributed by atoms with Crippen LogP contribution in [-0.4, -0.2) is 35.2 Å². The van der Waals surface area contributed by atoms with Gasteiger partial charge in [0.1, 0.15) is 0 Å². The topological polar surface area (TPSA) is 23.5 Å². The summed E-state index contributed by atoms with van der Waals surface area (Å²) in [4.78, 5) is 2.41. The molecule has 0 aromatic heterocycles. The second-order valence-electron chi connectivity index (χ2n) is 3.18. The van der Waals surface area contributed by atoms with Crippen LogP contribution < -0.4 is 0 Å². The van der Waals surface area contributed by atoms with Crippen LogP contribution in [0.5, 0.6) is 0 Å². The van der Waals surface area contributed by atoms with Crippen LogP contribution in [0.25, 0.3) is 0 Å². The molecule has 2 rings (SSSR count). The quantitative estimate of drug-likeness (QED) is 0.503. The zero-order valence-corrected chi connectivity index (χ0v) is 5.58. The summed E-state index contributed by atoms with van der Waals surface area (Å²) in [5.74, 6) is 0. The third-order valence-electron chi connectivity index (χ3n) is 2.49. The van der Waals surface area contributed by atoms with Gasteiger partial charge in [-0.2, -0.15) is 0 Å².